The second-order valence-corrected chi connectivity index (χ2v) is 6.68. The Labute approximate surface area is 131 Å². The summed E-state index contributed by atoms with van der Waals surface area (Å²) in [7, 11) is 1.53. The first-order chi connectivity index (χ1) is 9.76. The van der Waals surface area contributed by atoms with Crippen molar-refractivity contribution in [2.75, 3.05) is 7.05 Å². The van der Waals surface area contributed by atoms with Gasteiger partial charge in [0.2, 0.25) is 0 Å². The van der Waals surface area contributed by atoms with Gasteiger partial charge in [0, 0.05) is 24.8 Å². The zero-order valence-corrected chi connectivity index (χ0v) is 13.3. The highest BCUT2D eigenvalue weighted by Crippen LogP contribution is 2.22. The van der Waals surface area contributed by atoms with Crippen LogP contribution in [0, 0.1) is 0 Å². The molecular weight excluding hydrogens is 371 g/mol. The first-order valence-electron chi connectivity index (χ1n) is 5.82. The largest absolute Gasteiger partial charge is 0.406 e. The second kappa shape index (κ2) is 6.18. The van der Waals surface area contributed by atoms with E-state index in [-0.39, 0.29) is 18.3 Å². The van der Waals surface area contributed by atoms with E-state index >= 15 is 0 Å². The van der Waals surface area contributed by atoms with Gasteiger partial charge in [-0.1, -0.05) is 0 Å². The number of nitrogens with zero attached hydrogens (tertiary/aromatic N) is 3. The zero-order chi connectivity index (χ0) is 15.6. The summed E-state index contributed by atoms with van der Waals surface area (Å²) in [6.45, 7) is -1.11. The van der Waals surface area contributed by atoms with Crippen LogP contribution in [0.2, 0.25) is 0 Å². The van der Waals surface area contributed by atoms with Crippen LogP contribution in [0.4, 0.5) is 13.2 Å². The van der Waals surface area contributed by atoms with Crippen molar-refractivity contribution in [2.45, 2.75) is 19.3 Å². The van der Waals surface area contributed by atoms with Gasteiger partial charge in [-0.3, -0.25) is 4.79 Å². The fourth-order valence-corrected chi connectivity index (χ4v) is 2.89. The zero-order valence-electron chi connectivity index (χ0n) is 10.9. The summed E-state index contributed by atoms with van der Waals surface area (Å²) < 4.78 is 39.1. The molecule has 2 rings (SSSR count). The van der Waals surface area contributed by atoms with Gasteiger partial charge in [0.25, 0.3) is 5.91 Å². The van der Waals surface area contributed by atoms with Crippen LogP contribution in [-0.4, -0.2) is 33.6 Å². The van der Waals surface area contributed by atoms with Crippen LogP contribution in [0.3, 0.4) is 0 Å². The second-order valence-electron chi connectivity index (χ2n) is 4.39. The molecule has 21 heavy (non-hydrogen) atoms. The number of alkyl halides is 3. The Kier molecular flexibility index (Phi) is 4.72. The molecule has 2 heterocycles. The normalized spacial score (nSPS) is 11.7. The lowest BCUT2D eigenvalue weighted by Gasteiger charge is -2.17. The predicted octanol–water partition coefficient (Wildman–Crippen LogP) is 3.54. The number of rotatable bonds is 4. The topological polar surface area (TPSA) is 38.1 Å². The molecule has 9 heteroatoms. The maximum Gasteiger partial charge on any atom is 0.406 e. The fraction of sp³-hybridized carbons (Fsp3) is 0.333. The summed E-state index contributed by atoms with van der Waals surface area (Å²) in [6, 6.07) is 1.67. The molecule has 0 aromatic carbocycles. The Bertz CT molecular complexity index is 638. The predicted molar refractivity (Wildman–Crippen MR) is 76.1 cm³/mol. The third-order valence-corrected chi connectivity index (χ3v) is 4.20. The van der Waals surface area contributed by atoms with Crippen LogP contribution in [0.5, 0.6) is 0 Å². The van der Waals surface area contributed by atoms with Crippen LogP contribution in [-0.2, 0) is 13.1 Å². The van der Waals surface area contributed by atoms with E-state index in [1.165, 1.54) is 35.7 Å². The Hall–Kier alpha value is -1.35. The molecule has 0 N–H and O–H groups in total. The van der Waals surface area contributed by atoms with Gasteiger partial charge in [-0.15, -0.1) is 11.3 Å². The number of amides is 1. The van der Waals surface area contributed by atoms with Crippen molar-refractivity contribution in [3.63, 3.8) is 0 Å². The van der Waals surface area contributed by atoms with Crippen LogP contribution >= 0.6 is 27.3 Å². The number of carbonyl (C=O) groups excluding carboxylic acids is 1. The number of carbonyl (C=O) groups is 1. The number of imidazole rings is 1. The monoisotopic (exact) mass is 381 g/mol. The van der Waals surface area contributed by atoms with Gasteiger partial charge in [0.05, 0.1) is 15.9 Å². The molecule has 0 radical (unpaired) electrons. The summed E-state index contributed by atoms with van der Waals surface area (Å²) in [5, 5.41) is 1.69. The van der Waals surface area contributed by atoms with Crippen LogP contribution in [0.25, 0.3) is 0 Å². The van der Waals surface area contributed by atoms with Crippen LogP contribution in [0.15, 0.2) is 27.6 Å². The Morgan fingerprint density at radius 3 is 2.81 bits per heavy atom. The molecule has 114 valence electrons. The van der Waals surface area contributed by atoms with E-state index in [1.807, 2.05) is 0 Å². The number of hydrogen-bond acceptors (Lipinski definition) is 3. The average molecular weight is 382 g/mol. The minimum Gasteiger partial charge on any atom is -0.334 e. The van der Waals surface area contributed by atoms with Crippen molar-refractivity contribution >= 4 is 33.2 Å². The lowest BCUT2D eigenvalue weighted by atomic mass is 10.3. The highest BCUT2D eigenvalue weighted by atomic mass is 79.9. The maximum atomic E-state index is 12.4. The fourth-order valence-electron chi connectivity index (χ4n) is 1.76. The number of aromatic nitrogens is 2. The summed E-state index contributed by atoms with van der Waals surface area (Å²) in [4.78, 5) is 17.4. The summed E-state index contributed by atoms with van der Waals surface area (Å²) >= 11 is 4.63. The Morgan fingerprint density at radius 1 is 1.52 bits per heavy atom. The van der Waals surface area contributed by atoms with Crippen molar-refractivity contribution in [1.82, 2.24) is 14.5 Å². The summed E-state index contributed by atoms with van der Waals surface area (Å²) in [5.41, 5.74) is 0.489. The Balaban J connectivity index is 2.08. The standard InChI is InChI=1S/C12H11BrF3N3OS/c1-18(11(20)8-4-9(13)21-6-8)5-10-17-2-3-19(10)7-12(14,15)16/h2-4,6H,5,7H2,1H3. The quantitative estimate of drug-likeness (QED) is 0.812. The highest BCUT2D eigenvalue weighted by molar-refractivity contribution is 9.11. The van der Waals surface area contributed by atoms with E-state index < -0.39 is 12.7 Å². The minimum atomic E-state index is -4.32. The molecule has 0 aliphatic heterocycles. The van der Waals surface area contributed by atoms with Crippen molar-refractivity contribution in [3.8, 4) is 0 Å². The molecule has 0 saturated heterocycles. The minimum absolute atomic E-state index is 0.00930. The first-order valence-corrected chi connectivity index (χ1v) is 7.50. The van der Waals surface area contributed by atoms with Gasteiger partial charge in [-0.25, -0.2) is 4.98 Å². The van der Waals surface area contributed by atoms with Gasteiger partial charge >= 0.3 is 6.18 Å². The van der Waals surface area contributed by atoms with Crippen LogP contribution < -0.4 is 0 Å². The molecule has 2 aromatic heterocycles. The number of hydrogen-bond donors (Lipinski definition) is 0. The van der Waals surface area contributed by atoms with Crippen molar-refractivity contribution < 1.29 is 18.0 Å². The molecule has 4 nitrogen and oxygen atoms in total. The van der Waals surface area contributed by atoms with E-state index in [2.05, 4.69) is 20.9 Å². The van der Waals surface area contributed by atoms with Crippen LogP contribution in [0.1, 0.15) is 16.2 Å². The highest BCUT2D eigenvalue weighted by Gasteiger charge is 2.29. The molecule has 0 unspecified atom stereocenters. The van der Waals surface area contributed by atoms with Gasteiger partial charge in [-0.2, -0.15) is 13.2 Å². The SMILES string of the molecule is CN(Cc1nccn1CC(F)(F)F)C(=O)c1csc(Br)c1. The lowest BCUT2D eigenvalue weighted by Crippen LogP contribution is -2.28. The maximum absolute atomic E-state index is 12.4. The van der Waals surface area contributed by atoms with Crippen molar-refractivity contribution in [1.29, 1.82) is 0 Å². The molecule has 0 saturated carbocycles. The van der Waals surface area contributed by atoms with Crippen molar-refractivity contribution in [2.24, 2.45) is 0 Å². The molecule has 0 fully saturated rings. The molecular formula is C12H11BrF3N3OS. The van der Waals surface area contributed by atoms with Gasteiger partial charge < -0.3 is 9.47 Å². The molecule has 0 aliphatic carbocycles. The van der Waals surface area contributed by atoms with E-state index in [1.54, 1.807) is 11.4 Å². The molecule has 0 bridgehead atoms. The average Bonchev–Trinajstić information content (AvgIpc) is 2.96. The molecule has 0 atom stereocenters. The third-order valence-electron chi connectivity index (χ3n) is 2.69. The first kappa shape index (κ1) is 16.0. The van der Waals surface area contributed by atoms with Gasteiger partial charge in [0.15, 0.2) is 0 Å². The number of halogens is 4. The smallest absolute Gasteiger partial charge is 0.334 e. The molecule has 2 aromatic rings. The van der Waals surface area contributed by atoms with Crippen molar-refractivity contribution in [3.05, 3.63) is 39.0 Å². The number of thiophene rings is 1. The molecule has 1 amide bonds. The summed E-state index contributed by atoms with van der Waals surface area (Å²) in [6.07, 6.45) is -1.78. The van der Waals surface area contributed by atoms with E-state index in [0.29, 0.717) is 5.56 Å². The van der Waals surface area contributed by atoms with Gasteiger partial charge in [-0.05, 0) is 22.0 Å². The molecule has 0 aliphatic rings. The Morgan fingerprint density at radius 2 is 2.24 bits per heavy atom. The van der Waals surface area contributed by atoms with E-state index in [9.17, 15) is 18.0 Å². The van der Waals surface area contributed by atoms with Gasteiger partial charge in [0.1, 0.15) is 12.4 Å². The van der Waals surface area contributed by atoms with E-state index in [0.717, 1.165) is 8.35 Å². The molecule has 0 spiro atoms. The lowest BCUT2D eigenvalue weighted by molar-refractivity contribution is -0.141. The third kappa shape index (κ3) is 4.31. The summed E-state index contributed by atoms with van der Waals surface area (Å²) in [5.74, 6) is -0.0732. The van der Waals surface area contributed by atoms with E-state index in [4.69, 9.17) is 0 Å².